The highest BCUT2D eigenvalue weighted by Gasteiger charge is 2.25. The highest BCUT2D eigenvalue weighted by molar-refractivity contribution is 5.94. The monoisotopic (exact) mass is 293 g/mol. The molecule has 5 nitrogen and oxygen atoms in total. The van der Waals surface area contributed by atoms with Crippen molar-refractivity contribution in [2.45, 2.75) is 45.7 Å². The van der Waals surface area contributed by atoms with Crippen molar-refractivity contribution < 1.29 is 9.90 Å². The Labute approximate surface area is 127 Å². The fourth-order valence-electron chi connectivity index (χ4n) is 2.58. The summed E-state index contributed by atoms with van der Waals surface area (Å²) in [5, 5.41) is 12.1. The first kappa shape index (κ1) is 17.5. The Morgan fingerprint density at radius 1 is 1.38 bits per heavy atom. The van der Waals surface area contributed by atoms with E-state index in [0.717, 1.165) is 12.8 Å². The number of nitrogens with zero attached hydrogens (tertiary/aromatic N) is 1. The summed E-state index contributed by atoms with van der Waals surface area (Å²) in [6.07, 6.45) is 1.90. The number of anilines is 2. The number of aliphatic hydroxyl groups is 1. The third kappa shape index (κ3) is 5.02. The summed E-state index contributed by atoms with van der Waals surface area (Å²) in [5.74, 6) is -0.0825. The summed E-state index contributed by atoms with van der Waals surface area (Å²) in [7, 11) is 0. The Kier molecular flexibility index (Phi) is 7.19. The first-order chi connectivity index (χ1) is 10.0. The topological polar surface area (TPSA) is 78.6 Å². The molecule has 0 saturated carbocycles. The number of nitrogens with one attached hydrogen (secondary N) is 1. The summed E-state index contributed by atoms with van der Waals surface area (Å²) < 4.78 is 0. The number of amides is 1. The second-order valence-electron chi connectivity index (χ2n) is 5.22. The number of rotatable bonds is 8. The van der Waals surface area contributed by atoms with Crippen molar-refractivity contribution in [2.75, 3.05) is 24.2 Å². The van der Waals surface area contributed by atoms with Gasteiger partial charge in [0.25, 0.3) is 0 Å². The molecule has 0 heterocycles. The normalized spacial score (nSPS) is 12.7. The van der Waals surface area contributed by atoms with E-state index in [9.17, 15) is 9.90 Å². The van der Waals surface area contributed by atoms with E-state index in [2.05, 4.69) is 24.1 Å². The quantitative estimate of drug-likeness (QED) is 0.641. The third-order valence-corrected chi connectivity index (χ3v) is 3.80. The fraction of sp³-hybridized carbons (Fsp3) is 0.562. The molecule has 0 spiro atoms. The predicted molar refractivity (Wildman–Crippen MR) is 87.1 cm³/mol. The molecule has 21 heavy (non-hydrogen) atoms. The van der Waals surface area contributed by atoms with Crippen LogP contribution in [0.5, 0.6) is 0 Å². The van der Waals surface area contributed by atoms with Crippen molar-refractivity contribution in [2.24, 2.45) is 0 Å². The molecule has 0 fully saturated rings. The van der Waals surface area contributed by atoms with Crippen molar-refractivity contribution in [1.29, 1.82) is 0 Å². The van der Waals surface area contributed by atoms with Crippen LogP contribution >= 0.6 is 0 Å². The molecule has 1 unspecified atom stereocenters. The minimum Gasteiger partial charge on any atom is -0.399 e. The van der Waals surface area contributed by atoms with Gasteiger partial charge in [-0.3, -0.25) is 9.69 Å². The maximum Gasteiger partial charge on any atom is 0.241 e. The highest BCUT2D eigenvalue weighted by Crippen LogP contribution is 2.16. The van der Waals surface area contributed by atoms with Gasteiger partial charge in [-0.15, -0.1) is 0 Å². The van der Waals surface area contributed by atoms with Crippen LogP contribution in [0.1, 0.15) is 33.6 Å². The Morgan fingerprint density at radius 2 is 2.05 bits per heavy atom. The number of aliphatic hydroxyl groups excluding tert-OH is 1. The van der Waals surface area contributed by atoms with Gasteiger partial charge < -0.3 is 16.2 Å². The van der Waals surface area contributed by atoms with Gasteiger partial charge in [0.15, 0.2) is 0 Å². The summed E-state index contributed by atoms with van der Waals surface area (Å²) in [6, 6.07) is 7.12. The first-order valence-corrected chi connectivity index (χ1v) is 7.56. The lowest BCUT2D eigenvalue weighted by atomic mass is 10.1. The zero-order valence-electron chi connectivity index (χ0n) is 13.2. The summed E-state index contributed by atoms with van der Waals surface area (Å²) in [6.45, 7) is 6.61. The van der Waals surface area contributed by atoms with Crippen LogP contribution in [-0.4, -0.2) is 41.1 Å². The van der Waals surface area contributed by atoms with Crippen molar-refractivity contribution >= 4 is 17.3 Å². The van der Waals surface area contributed by atoms with Crippen molar-refractivity contribution in [3.63, 3.8) is 0 Å². The van der Waals surface area contributed by atoms with E-state index in [1.165, 1.54) is 0 Å². The molecule has 4 N–H and O–H groups in total. The van der Waals surface area contributed by atoms with E-state index in [-0.39, 0.29) is 18.6 Å². The molecule has 1 aromatic rings. The van der Waals surface area contributed by atoms with Crippen LogP contribution in [0, 0.1) is 0 Å². The van der Waals surface area contributed by atoms with Crippen molar-refractivity contribution in [3.05, 3.63) is 24.3 Å². The Morgan fingerprint density at radius 3 is 2.57 bits per heavy atom. The van der Waals surface area contributed by atoms with Gasteiger partial charge >= 0.3 is 0 Å². The molecule has 1 rings (SSSR count). The number of hydrogen-bond donors (Lipinski definition) is 3. The standard InChI is InChI=1S/C16H27N3O2/c1-4-15(5-2)19(9-10-20)12(3)16(21)18-14-8-6-7-13(17)11-14/h6-8,11-12,15,20H,4-5,9-10,17H2,1-3H3,(H,18,21). The van der Waals surface area contributed by atoms with E-state index in [0.29, 0.717) is 24.0 Å². The minimum absolute atomic E-state index is 0.0480. The molecule has 0 aliphatic heterocycles. The molecule has 0 saturated heterocycles. The Balaban J connectivity index is 2.77. The predicted octanol–water partition coefficient (Wildman–Crippen LogP) is 2.08. The molecule has 0 aliphatic rings. The lowest BCUT2D eigenvalue weighted by molar-refractivity contribution is -0.121. The van der Waals surface area contributed by atoms with E-state index >= 15 is 0 Å². The van der Waals surface area contributed by atoms with E-state index in [1.54, 1.807) is 12.1 Å². The van der Waals surface area contributed by atoms with Crippen molar-refractivity contribution in [1.82, 2.24) is 4.90 Å². The van der Waals surface area contributed by atoms with Gasteiger partial charge in [0.05, 0.1) is 12.6 Å². The lowest BCUT2D eigenvalue weighted by Gasteiger charge is -2.34. The number of hydrogen-bond acceptors (Lipinski definition) is 4. The van der Waals surface area contributed by atoms with Crippen LogP contribution in [0.15, 0.2) is 24.3 Å². The van der Waals surface area contributed by atoms with Gasteiger partial charge in [0.1, 0.15) is 0 Å². The zero-order chi connectivity index (χ0) is 15.8. The third-order valence-electron chi connectivity index (χ3n) is 3.80. The van der Waals surface area contributed by atoms with Gasteiger partial charge in [0.2, 0.25) is 5.91 Å². The number of nitrogen functional groups attached to an aromatic ring is 1. The average Bonchev–Trinajstić information content (AvgIpc) is 2.46. The number of carbonyl (C=O) groups is 1. The minimum atomic E-state index is -0.302. The molecular formula is C16H27N3O2. The van der Waals surface area contributed by atoms with Crippen LogP contribution in [0.2, 0.25) is 0 Å². The van der Waals surface area contributed by atoms with Gasteiger partial charge in [-0.25, -0.2) is 0 Å². The van der Waals surface area contributed by atoms with Crippen molar-refractivity contribution in [3.8, 4) is 0 Å². The highest BCUT2D eigenvalue weighted by atomic mass is 16.3. The number of nitrogens with two attached hydrogens (primary N) is 1. The Hall–Kier alpha value is -1.59. The van der Waals surface area contributed by atoms with E-state index < -0.39 is 0 Å². The van der Waals surface area contributed by atoms with Crippen LogP contribution in [0.4, 0.5) is 11.4 Å². The Bertz CT molecular complexity index is 447. The van der Waals surface area contributed by atoms with Crippen LogP contribution < -0.4 is 11.1 Å². The molecule has 118 valence electrons. The first-order valence-electron chi connectivity index (χ1n) is 7.56. The summed E-state index contributed by atoms with van der Waals surface area (Å²) in [4.78, 5) is 14.5. The van der Waals surface area contributed by atoms with Gasteiger partial charge in [0, 0.05) is 24.0 Å². The van der Waals surface area contributed by atoms with Gasteiger partial charge in [-0.05, 0) is 38.0 Å². The summed E-state index contributed by atoms with van der Waals surface area (Å²) in [5.41, 5.74) is 7.03. The molecule has 0 aromatic heterocycles. The zero-order valence-corrected chi connectivity index (χ0v) is 13.2. The smallest absolute Gasteiger partial charge is 0.241 e. The maximum absolute atomic E-state index is 12.4. The molecule has 1 aromatic carbocycles. The molecule has 1 atom stereocenters. The van der Waals surface area contributed by atoms with E-state index in [4.69, 9.17) is 5.73 Å². The molecule has 5 heteroatoms. The molecular weight excluding hydrogens is 266 g/mol. The van der Waals surface area contributed by atoms with Gasteiger partial charge in [-0.2, -0.15) is 0 Å². The largest absolute Gasteiger partial charge is 0.399 e. The molecule has 0 aliphatic carbocycles. The summed E-state index contributed by atoms with van der Waals surface area (Å²) >= 11 is 0. The number of benzene rings is 1. The lowest BCUT2D eigenvalue weighted by Crippen LogP contribution is -2.48. The second-order valence-corrected chi connectivity index (χ2v) is 5.22. The van der Waals surface area contributed by atoms with E-state index in [1.807, 2.05) is 19.1 Å². The second kappa shape index (κ2) is 8.64. The molecule has 1 amide bonds. The van der Waals surface area contributed by atoms with Crippen LogP contribution in [0.25, 0.3) is 0 Å². The fourth-order valence-corrected chi connectivity index (χ4v) is 2.58. The van der Waals surface area contributed by atoms with Crippen LogP contribution in [-0.2, 0) is 4.79 Å². The number of carbonyl (C=O) groups excluding carboxylic acids is 1. The maximum atomic E-state index is 12.4. The SMILES string of the molecule is CCC(CC)N(CCO)C(C)C(=O)Nc1cccc(N)c1. The molecule has 0 bridgehead atoms. The van der Waals surface area contributed by atoms with Gasteiger partial charge in [-0.1, -0.05) is 19.9 Å². The average molecular weight is 293 g/mol. The van der Waals surface area contributed by atoms with Crippen LogP contribution in [0.3, 0.4) is 0 Å². The molecule has 0 radical (unpaired) electrons.